The van der Waals surface area contributed by atoms with Crippen LogP contribution in [-0.4, -0.2) is 46.7 Å². The number of benzene rings is 1. The minimum Gasteiger partial charge on any atom is -0.389 e. The van der Waals surface area contributed by atoms with Crippen molar-refractivity contribution in [2.45, 2.75) is 64.2 Å². The Hall–Kier alpha value is -1.63. The maximum atomic E-state index is 12.7. The molecule has 6 nitrogen and oxygen atoms in total. The van der Waals surface area contributed by atoms with E-state index in [0.29, 0.717) is 11.4 Å². The topological polar surface area (TPSA) is 78.9 Å². The van der Waals surface area contributed by atoms with E-state index in [2.05, 4.69) is 12.2 Å². The summed E-state index contributed by atoms with van der Waals surface area (Å²) in [5, 5.41) is 13.5. The summed E-state index contributed by atoms with van der Waals surface area (Å²) in [7, 11) is 0. The number of carbonyl (C=O) groups excluding carboxylic acids is 2. The molecule has 1 fully saturated rings. The molecular weight excluding hydrogens is 368 g/mol. The van der Waals surface area contributed by atoms with Gasteiger partial charge in [-0.15, -0.1) is 0 Å². The number of halogens is 1. The molecule has 27 heavy (non-hydrogen) atoms. The molecular formula is C20H29ClN2O4. The minimum atomic E-state index is -0.954. The number of hydrogen-bond donors (Lipinski definition) is 2. The first-order valence-electron chi connectivity index (χ1n) is 9.50. The maximum Gasteiger partial charge on any atom is 0.325 e. The van der Waals surface area contributed by atoms with Crippen LogP contribution in [0.4, 0.5) is 4.79 Å². The molecule has 0 aromatic heterocycles. The van der Waals surface area contributed by atoms with Gasteiger partial charge in [-0.3, -0.25) is 9.69 Å². The Labute approximate surface area is 165 Å². The van der Waals surface area contributed by atoms with Gasteiger partial charge in [-0.25, -0.2) is 4.79 Å². The van der Waals surface area contributed by atoms with Gasteiger partial charge in [0.25, 0.3) is 5.91 Å². The molecule has 2 N–H and O–H groups in total. The number of amides is 3. The van der Waals surface area contributed by atoms with E-state index in [1.807, 2.05) is 18.2 Å². The molecule has 1 aliphatic rings. The Bertz CT molecular complexity index is 655. The van der Waals surface area contributed by atoms with Crippen LogP contribution in [0.15, 0.2) is 24.3 Å². The fourth-order valence-electron chi connectivity index (χ4n) is 3.17. The number of carbonyl (C=O) groups is 2. The Morgan fingerprint density at radius 3 is 2.70 bits per heavy atom. The Morgan fingerprint density at radius 1 is 1.26 bits per heavy atom. The largest absolute Gasteiger partial charge is 0.389 e. The average molecular weight is 397 g/mol. The lowest BCUT2D eigenvalue weighted by molar-refractivity contribution is -0.132. The second-order valence-corrected chi connectivity index (χ2v) is 7.66. The van der Waals surface area contributed by atoms with Crippen molar-refractivity contribution >= 4 is 23.5 Å². The van der Waals surface area contributed by atoms with Gasteiger partial charge in [0.1, 0.15) is 5.54 Å². The van der Waals surface area contributed by atoms with E-state index < -0.39 is 17.7 Å². The molecule has 0 unspecified atom stereocenters. The van der Waals surface area contributed by atoms with Crippen molar-refractivity contribution in [3.8, 4) is 0 Å². The number of ether oxygens (including phenoxy) is 1. The average Bonchev–Trinajstić information content (AvgIpc) is 2.84. The highest BCUT2D eigenvalue weighted by Crippen LogP contribution is 2.24. The summed E-state index contributed by atoms with van der Waals surface area (Å²) in [5.41, 5.74) is -0.0656. The van der Waals surface area contributed by atoms with E-state index in [1.54, 1.807) is 13.0 Å². The van der Waals surface area contributed by atoms with Gasteiger partial charge in [0, 0.05) is 5.02 Å². The number of rotatable bonds is 11. The van der Waals surface area contributed by atoms with Crippen LogP contribution in [0.1, 0.15) is 51.5 Å². The first kappa shape index (κ1) is 21.7. The molecule has 1 heterocycles. The summed E-state index contributed by atoms with van der Waals surface area (Å²) >= 11 is 6.06. The molecule has 0 aliphatic carbocycles. The van der Waals surface area contributed by atoms with Gasteiger partial charge >= 0.3 is 6.03 Å². The van der Waals surface area contributed by atoms with Crippen molar-refractivity contribution in [3.63, 3.8) is 0 Å². The predicted octanol–water partition coefficient (Wildman–Crippen LogP) is 3.50. The van der Waals surface area contributed by atoms with Crippen molar-refractivity contribution in [1.82, 2.24) is 10.2 Å². The maximum absolute atomic E-state index is 12.7. The van der Waals surface area contributed by atoms with Crippen LogP contribution < -0.4 is 5.32 Å². The van der Waals surface area contributed by atoms with E-state index in [4.69, 9.17) is 16.3 Å². The second-order valence-electron chi connectivity index (χ2n) is 7.25. The van der Waals surface area contributed by atoms with Crippen LogP contribution >= 0.6 is 11.6 Å². The SMILES string of the molecule is CCCCCC[C@@]1(C)NC(=O)N(C[C@H](O)COCc2ccccc2Cl)C1=O. The van der Waals surface area contributed by atoms with E-state index in [9.17, 15) is 14.7 Å². The van der Waals surface area contributed by atoms with Crippen LogP contribution in [0.3, 0.4) is 0 Å². The molecule has 150 valence electrons. The highest BCUT2D eigenvalue weighted by Gasteiger charge is 2.47. The van der Waals surface area contributed by atoms with Gasteiger partial charge in [0.2, 0.25) is 0 Å². The Kier molecular flexibility index (Phi) is 8.07. The normalized spacial score (nSPS) is 20.8. The first-order chi connectivity index (χ1) is 12.9. The molecule has 7 heteroatoms. The monoisotopic (exact) mass is 396 g/mol. The van der Waals surface area contributed by atoms with Gasteiger partial charge in [-0.2, -0.15) is 0 Å². The molecule has 1 saturated heterocycles. The smallest absolute Gasteiger partial charge is 0.325 e. The highest BCUT2D eigenvalue weighted by molar-refractivity contribution is 6.31. The summed E-state index contributed by atoms with van der Waals surface area (Å²) in [4.78, 5) is 25.9. The molecule has 0 saturated carbocycles. The number of imide groups is 1. The van der Waals surface area contributed by atoms with Crippen molar-refractivity contribution in [3.05, 3.63) is 34.9 Å². The number of nitrogens with one attached hydrogen (secondary N) is 1. The quantitative estimate of drug-likeness (QED) is 0.443. The molecule has 1 aromatic carbocycles. The van der Waals surface area contributed by atoms with Crippen molar-refractivity contribution < 1.29 is 19.4 Å². The lowest BCUT2D eigenvalue weighted by Crippen LogP contribution is -2.44. The third-order valence-electron chi connectivity index (χ3n) is 4.79. The fraction of sp³-hybridized carbons (Fsp3) is 0.600. The third kappa shape index (κ3) is 5.92. The molecule has 0 spiro atoms. The Morgan fingerprint density at radius 2 is 2.00 bits per heavy atom. The number of aliphatic hydroxyl groups excluding tert-OH is 1. The molecule has 1 aliphatic heterocycles. The number of hydrogen-bond acceptors (Lipinski definition) is 4. The zero-order chi connectivity index (χ0) is 19.9. The van der Waals surface area contributed by atoms with E-state index in [0.717, 1.165) is 36.1 Å². The van der Waals surface area contributed by atoms with E-state index in [1.165, 1.54) is 0 Å². The minimum absolute atomic E-state index is 0.00942. The van der Waals surface area contributed by atoms with Crippen LogP contribution in [0.5, 0.6) is 0 Å². The van der Waals surface area contributed by atoms with Crippen LogP contribution in [0, 0.1) is 0 Å². The molecule has 2 rings (SSSR count). The molecule has 3 amide bonds. The van der Waals surface area contributed by atoms with Crippen molar-refractivity contribution in [2.24, 2.45) is 0 Å². The standard InChI is InChI=1S/C20H29ClN2O4/c1-3-4-5-8-11-20(2)18(25)23(19(26)22-20)12-16(24)14-27-13-15-9-6-7-10-17(15)21/h6-7,9-10,16,24H,3-5,8,11-14H2,1-2H3,(H,22,26)/t16-,20+/m0/s1. The lowest BCUT2D eigenvalue weighted by atomic mass is 9.94. The second kappa shape index (κ2) is 10.1. The van der Waals surface area contributed by atoms with Gasteiger partial charge in [-0.05, 0) is 25.0 Å². The fourth-order valence-corrected chi connectivity index (χ4v) is 3.36. The van der Waals surface area contributed by atoms with Crippen LogP contribution in [-0.2, 0) is 16.1 Å². The summed E-state index contributed by atoms with van der Waals surface area (Å²) in [6.45, 7) is 4.06. The van der Waals surface area contributed by atoms with Gasteiger partial charge in [0.15, 0.2) is 0 Å². The molecule has 2 atom stereocenters. The number of urea groups is 1. The van der Waals surface area contributed by atoms with E-state index in [-0.39, 0.29) is 25.7 Å². The summed E-state index contributed by atoms with van der Waals surface area (Å²) in [5.74, 6) is -0.283. The summed E-state index contributed by atoms with van der Waals surface area (Å²) < 4.78 is 5.48. The molecule has 1 aromatic rings. The number of unbranched alkanes of at least 4 members (excludes halogenated alkanes) is 3. The van der Waals surface area contributed by atoms with Gasteiger partial charge in [-0.1, -0.05) is 62.4 Å². The first-order valence-corrected chi connectivity index (χ1v) is 9.88. The summed E-state index contributed by atoms with van der Waals surface area (Å²) in [6, 6.07) is 6.84. The van der Waals surface area contributed by atoms with Crippen molar-refractivity contribution in [1.29, 1.82) is 0 Å². The third-order valence-corrected chi connectivity index (χ3v) is 5.16. The lowest BCUT2D eigenvalue weighted by Gasteiger charge is -2.22. The Balaban J connectivity index is 1.80. The van der Waals surface area contributed by atoms with E-state index >= 15 is 0 Å². The number of aliphatic hydroxyl groups is 1. The van der Waals surface area contributed by atoms with Crippen LogP contribution in [0.25, 0.3) is 0 Å². The van der Waals surface area contributed by atoms with Gasteiger partial charge in [0.05, 0.1) is 25.9 Å². The number of β-amino-alcohol motifs (C(OH)–C–C–N with tert-alkyl or cyclic N) is 1. The molecule has 0 bridgehead atoms. The van der Waals surface area contributed by atoms with Crippen LogP contribution in [0.2, 0.25) is 5.02 Å². The predicted molar refractivity (Wildman–Crippen MR) is 105 cm³/mol. The zero-order valence-electron chi connectivity index (χ0n) is 16.0. The van der Waals surface area contributed by atoms with Crippen molar-refractivity contribution in [2.75, 3.05) is 13.2 Å². The molecule has 0 radical (unpaired) electrons. The van der Waals surface area contributed by atoms with Gasteiger partial charge < -0.3 is 15.2 Å². The summed E-state index contributed by atoms with van der Waals surface area (Å²) in [6.07, 6.45) is 3.80. The highest BCUT2D eigenvalue weighted by atomic mass is 35.5. The number of nitrogens with zero attached hydrogens (tertiary/aromatic N) is 1. The zero-order valence-corrected chi connectivity index (χ0v) is 16.8.